The standard InChI is InChI=1S/C23H24FN5O2S/c24-9-16-8-23(4-5-23)13-28(16)15-1-2-20-19(7-15)18(3-6-26-20)22(31)27-11-21(30)29-14-32-12-17(29)10-25/h1-3,6-7,16-17H,4-5,8-9,11-14H2,(H,27,31). The molecule has 2 atom stereocenters. The average molecular weight is 454 g/mol. The second-order valence-electron chi connectivity index (χ2n) is 8.89. The number of thioether (sulfide) groups is 1. The predicted octanol–water partition coefficient (Wildman–Crippen LogP) is 2.72. The lowest BCUT2D eigenvalue weighted by molar-refractivity contribution is -0.129. The van der Waals surface area contributed by atoms with Gasteiger partial charge in [0.25, 0.3) is 5.91 Å². The number of benzene rings is 1. The lowest BCUT2D eigenvalue weighted by Gasteiger charge is -2.25. The van der Waals surface area contributed by atoms with Gasteiger partial charge in [-0.05, 0) is 48.9 Å². The van der Waals surface area contributed by atoms with Crippen LogP contribution in [0, 0.1) is 16.7 Å². The molecule has 1 spiro atoms. The number of nitrogens with zero attached hydrogens (tertiary/aromatic N) is 4. The SMILES string of the molecule is N#CC1CSCN1C(=O)CNC(=O)c1ccnc2ccc(N3CC4(CC4)CC3CF)cc12. The van der Waals surface area contributed by atoms with Crippen LogP contribution < -0.4 is 10.2 Å². The van der Waals surface area contributed by atoms with E-state index >= 15 is 0 Å². The molecule has 1 saturated carbocycles. The van der Waals surface area contributed by atoms with Crippen molar-refractivity contribution in [2.45, 2.75) is 31.3 Å². The second-order valence-corrected chi connectivity index (χ2v) is 9.89. The zero-order valence-corrected chi connectivity index (χ0v) is 18.4. The van der Waals surface area contributed by atoms with E-state index in [1.807, 2.05) is 18.2 Å². The summed E-state index contributed by atoms with van der Waals surface area (Å²) in [4.78, 5) is 33.4. The van der Waals surface area contributed by atoms with Crippen LogP contribution in [0.4, 0.5) is 10.1 Å². The summed E-state index contributed by atoms with van der Waals surface area (Å²) in [6, 6.07) is 8.88. The van der Waals surface area contributed by atoms with Gasteiger partial charge >= 0.3 is 0 Å². The van der Waals surface area contributed by atoms with Gasteiger partial charge in [-0.2, -0.15) is 5.26 Å². The van der Waals surface area contributed by atoms with Gasteiger partial charge in [-0.3, -0.25) is 14.6 Å². The van der Waals surface area contributed by atoms with Gasteiger partial charge in [0.15, 0.2) is 0 Å². The topological polar surface area (TPSA) is 89.3 Å². The zero-order valence-electron chi connectivity index (χ0n) is 17.6. The Balaban J connectivity index is 1.36. The molecule has 7 nitrogen and oxygen atoms in total. The third-order valence-electron chi connectivity index (χ3n) is 6.80. The number of aromatic nitrogens is 1. The summed E-state index contributed by atoms with van der Waals surface area (Å²) in [7, 11) is 0. The number of hydrogen-bond acceptors (Lipinski definition) is 6. The van der Waals surface area contributed by atoms with Gasteiger partial charge in [-0.25, -0.2) is 4.39 Å². The first-order chi connectivity index (χ1) is 15.5. The van der Waals surface area contributed by atoms with Crippen molar-refractivity contribution in [2.24, 2.45) is 5.41 Å². The Labute approximate surface area is 189 Å². The van der Waals surface area contributed by atoms with Crippen molar-refractivity contribution in [1.29, 1.82) is 5.26 Å². The molecule has 2 aromatic rings. The summed E-state index contributed by atoms with van der Waals surface area (Å²) in [6.07, 6.45) is 4.75. The number of nitrogens with one attached hydrogen (secondary N) is 1. The summed E-state index contributed by atoms with van der Waals surface area (Å²) in [5.41, 5.74) is 2.25. The molecule has 3 heterocycles. The predicted molar refractivity (Wildman–Crippen MR) is 121 cm³/mol. The van der Waals surface area contributed by atoms with E-state index < -0.39 is 6.04 Å². The van der Waals surface area contributed by atoms with Crippen LogP contribution in [0.2, 0.25) is 0 Å². The second kappa shape index (κ2) is 8.24. The average Bonchev–Trinajstić information content (AvgIpc) is 3.23. The summed E-state index contributed by atoms with van der Waals surface area (Å²) in [5, 5.41) is 12.5. The normalized spacial score (nSPS) is 23.5. The maximum absolute atomic E-state index is 13.7. The minimum absolute atomic E-state index is 0.132. The molecule has 2 amide bonds. The lowest BCUT2D eigenvalue weighted by atomic mass is 10.0. The van der Waals surface area contributed by atoms with Gasteiger partial charge in [0.1, 0.15) is 12.7 Å². The summed E-state index contributed by atoms with van der Waals surface area (Å²) in [5.74, 6) is 0.407. The Hall–Kier alpha value is -2.86. The molecule has 32 heavy (non-hydrogen) atoms. The van der Waals surface area contributed by atoms with Gasteiger partial charge in [0, 0.05) is 29.6 Å². The monoisotopic (exact) mass is 453 g/mol. The van der Waals surface area contributed by atoms with Crippen LogP contribution in [0.25, 0.3) is 10.9 Å². The van der Waals surface area contributed by atoms with Crippen molar-refractivity contribution >= 4 is 40.2 Å². The number of alkyl halides is 1. The van der Waals surface area contributed by atoms with E-state index in [9.17, 15) is 14.0 Å². The number of carbonyl (C=O) groups is 2. The molecule has 3 fully saturated rings. The number of rotatable bonds is 5. The van der Waals surface area contributed by atoms with Crippen LogP contribution in [0.1, 0.15) is 29.6 Å². The number of carbonyl (C=O) groups excluding carboxylic acids is 2. The van der Waals surface area contributed by atoms with Gasteiger partial charge in [0.2, 0.25) is 5.91 Å². The molecular weight excluding hydrogens is 429 g/mol. The fourth-order valence-electron chi connectivity index (χ4n) is 4.80. The van der Waals surface area contributed by atoms with Crippen LogP contribution in [0.3, 0.4) is 0 Å². The summed E-state index contributed by atoms with van der Waals surface area (Å²) in [6.45, 7) is 0.289. The Bertz CT molecular complexity index is 1120. The summed E-state index contributed by atoms with van der Waals surface area (Å²) < 4.78 is 13.7. The van der Waals surface area contributed by atoms with E-state index in [0.717, 1.165) is 31.5 Å². The van der Waals surface area contributed by atoms with Crippen molar-refractivity contribution in [1.82, 2.24) is 15.2 Å². The maximum atomic E-state index is 13.7. The van der Waals surface area contributed by atoms with Crippen LogP contribution in [0.5, 0.6) is 0 Å². The zero-order chi connectivity index (χ0) is 22.3. The Kier molecular flexibility index (Phi) is 5.41. The number of amides is 2. The van der Waals surface area contributed by atoms with Crippen molar-refractivity contribution in [3.05, 3.63) is 36.0 Å². The van der Waals surface area contributed by atoms with Gasteiger partial charge in [0.05, 0.1) is 35.6 Å². The molecule has 1 N–H and O–H groups in total. The molecule has 3 aliphatic rings. The van der Waals surface area contributed by atoms with Crippen LogP contribution in [0.15, 0.2) is 30.5 Å². The fourth-order valence-corrected chi connectivity index (χ4v) is 5.91. The van der Waals surface area contributed by atoms with E-state index in [0.29, 0.717) is 28.1 Å². The number of fused-ring (bicyclic) bond motifs is 1. The molecule has 2 saturated heterocycles. The number of pyridine rings is 1. The van der Waals surface area contributed by atoms with Crippen molar-refractivity contribution in [3.8, 4) is 6.07 Å². The highest BCUT2D eigenvalue weighted by atomic mass is 32.2. The fraction of sp³-hybridized carbons (Fsp3) is 0.478. The lowest BCUT2D eigenvalue weighted by Crippen LogP contribution is -2.42. The number of hydrogen-bond donors (Lipinski definition) is 1. The largest absolute Gasteiger partial charge is 0.365 e. The molecular formula is C23H24FN5O2S. The van der Waals surface area contributed by atoms with Gasteiger partial charge in [-0.1, -0.05) is 0 Å². The smallest absolute Gasteiger partial charge is 0.252 e. The quantitative estimate of drug-likeness (QED) is 0.749. The molecule has 5 rings (SSSR count). The number of halogens is 1. The third-order valence-corrected chi connectivity index (χ3v) is 7.82. The van der Waals surface area contributed by atoms with E-state index in [1.165, 1.54) is 16.7 Å². The minimum Gasteiger partial charge on any atom is -0.365 e. The highest BCUT2D eigenvalue weighted by Crippen LogP contribution is 2.55. The van der Waals surface area contributed by atoms with Crippen LogP contribution in [-0.4, -0.2) is 65.2 Å². The first kappa shape index (κ1) is 21.0. The highest BCUT2D eigenvalue weighted by molar-refractivity contribution is 7.99. The van der Waals surface area contributed by atoms with E-state index in [1.54, 1.807) is 12.3 Å². The number of anilines is 1. The molecule has 9 heteroatoms. The van der Waals surface area contributed by atoms with Crippen LogP contribution >= 0.6 is 11.8 Å². The third kappa shape index (κ3) is 3.77. The first-order valence-corrected chi connectivity index (χ1v) is 12.0. The first-order valence-electron chi connectivity index (χ1n) is 10.8. The van der Waals surface area contributed by atoms with E-state index in [4.69, 9.17) is 5.26 Å². The highest BCUT2D eigenvalue weighted by Gasteiger charge is 2.51. The molecule has 2 unspecified atom stereocenters. The van der Waals surface area contributed by atoms with Crippen molar-refractivity contribution < 1.29 is 14.0 Å². The summed E-state index contributed by atoms with van der Waals surface area (Å²) >= 11 is 1.53. The Morgan fingerprint density at radius 3 is 2.94 bits per heavy atom. The Morgan fingerprint density at radius 1 is 1.34 bits per heavy atom. The molecule has 2 aliphatic heterocycles. The van der Waals surface area contributed by atoms with E-state index in [-0.39, 0.29) is 36.5 Å². The minimum atomic E-state index is -0.451. The molecule has 0 bridgehead atoms. The molecule has 0 radical (unpaired) electrons. The molecule has 166 valence electrons. The van der Waals surface area contributed by atoms with E-state index in [2.05, 4.69) is 21.3 Å². The Morgan fingerprint density at radius 2 is 2.19 bits per heavy atom. The van der Waals surface area contributed by atoms with Crippen molar-refractivity contribution in [2.75, 3.05) is 36.3 Å². The van der Waals surface area contributed by atoms with Gasteiger partial charge < -0.3 is 15.1 Å². The van der Waals surface area contributed by atoms with Gasteiger partial charge in [-0.15, -0.1) is 11.8 Å². The van der Waals surface area contributed by atoms with Crippen molar-refractivity contribution in [3.63, 3.8) is 0 Å². The molecule has 1 aliphatic carbocycles. The maximum Gasteiger partial charge on any atom is 0.252 e. The molecule has 1 aromatic heterocycles. The van der Waals surface area contributed by atoms with Crippen LogP contribution in [-0.2, 0) is 4.79 Å². The molecule has 1 aromatic carbocycles. The number of nitriles is 1.